The molecule has 8 heteroatoms. The number of rotatable bonds is 11. The maximum absolute atomic E-state index is 5.71. The molecule has 0 radical (unpaired) electrons. The molecule has 0 aliphatic heterocycles. The Morgan fingerprint density at radius 3 is 2.50 bits per heavy atom. The highest BCUT2D eigenvalue weighted by molar-refractivity contribution is 14.0. The van der Waals surface area contributed by atoms with Crippen molar-refractivity contribution < 1.29 is 14.2 Å². The molecular weight excluding hydrogens is 495 g/mol. The molecule has 2 aromatic rings. The zero-order valence-electron chi connectivity index (χ0n) is 18.2. The van der Waals surface area contributed by atoms with E-state index in [1.807, 2.05) is 45.0 Å². The van der Waals surface area contributed by atoms with E-state index < -0.39 is 0 Å². The number of aliphatic imine (C=N–C) groups is 1. The topological polar surface area (TPSA) is 77.0 Å². The van der Waals surface area contributed by atoms with Crippen molar-refractivity contribution in [1.29, 1.82) is 0 Å². The minimum absolute atomic E-state index is 0. The number of guanidine groups is 1. The smallest absolute Gasteiger partial charge is 0.218 e. The molecule has 166 valence electrons. The number of halogens is 1. The van der Waals surface area contributed by atoms with Crippen molar-refractivity contribution in [3.05, 3.63) is 47.7 Å². The molecule has 0 saturated carbocycles. The Balaban J connectivity index is 0.00000450. The van der Waals surface area contributed by atoms with Gasteiger partial charge in [-0.05, 0) is 51.0 Å². The normalized spacial score (nSPS) is 10.7. The number of hydrogen-bond acceptors (Lipinski definition) is 5. The standard InChI is InChI=1S/C22H32N4O3.HI/c1-5-23-22(26-16-18-9-8-13-24-21(18)27-4)25-14-12-17-10-11-19(28-6-2)20(15-17)29-7-3;/h8-11,13,15H,5-7,12,14,16H2,1-4H3,(H2,23,25,26);1H. The third kappa shape index (κ3) is 8.25. The summed E-state index contributed by atoms with van der Waals surface area (Å²) in [6.45, 7) is 9.23. The molecule has 1 aromatic carbocycles. The van der Waals surface area contributed by atoms with Gasteiger partial charge in [0.25, 0.3) is 0 Å². The molecule has 1 aromatic heterocycles. The SMILES string of the molecule is CCNC(=NCc1cccnc1OC)NCCc1ccc(OCC)c(OCC)c1.I. The molecule has 0 aliphatic rings. The largest absolute Gasteiger partial charge is 0.490 e. The van der Waals surface area contributed by atoms with Gasteiger partial charge in [0, 0.05) is 24.8 Å². The van der Waals surface area contributed by atoms with Gasteiger partial charge in [0.05, 0.1) is 26.9 Å². The number of ether oxygens (including phenoxy) is 3. The maximum atomic E-state index is 5.71. The predicted molar refractivity (Wildman–Crippen MR) is 132 cm³/mol. The van der Waals surface area contributed by atoms with Crippen LogP contribution in [0, 0.1) is 0 Å². The molecule has 0 fully saturated rings. The summed E-state index contributed by atoms with van der Waals surface area (Å²) < 4.78 is 16.6. The average molecular weight is 528 g/mol. The van der Waals surface area contributed by atoms with Gasteiger partial charge in [-0.2, -0.15) is 0 Å². The molecule has 0 bridgehead atoms. The first-order valence-electron chi connectivity index (χ1n) is 10.1. The quantitative estimate of drug-likeness (QED) is 0.263. The van der Waals surface area contributed by atoms with Gasteiger partial charge in [-0.25, -0.2) is 9.98 Å². The summed E-state index contributed by atoms with van der Waals surface area (Å²) in [7, 11) is 1.62. The first kappa shape index (κ1) is 25.8. The van der Waals surface area contributed by atoms with Crippen LogP contribution in [0.1, 0.15) is 31.9 Å². The fraction of sp³-hybridized carbons (Fsp3) is 0.455. The number of nitrogens with zero attached hydrogens (tertiary/aromatic N) is 2. The van der Waals surface area contributed by atoms with Crippen molar-refractivity contribution >= 4 is 29.9 Å². The van der Waals surface area contributed by atoms with Gasteiger partial charge in [0.15, 0.2) is 17.5 Å². The fourth-order valence-electron chi connectivity index (χ4n) is 2.81. The Morgan fingerprint density at radius 2 is 1.80 bits per heavy atom. The van der Waals surface area contributed by atoms with Crippen LogP contribution in [0.5, 0.6) is 17.4 Å². The van der Waals surface area contributed by atoms with Crippen LogP contribution in [0.15, 0.2) is 41.5 Å². The number of methoxy groups -OCH3 is 1. The Labute approximate surface area is 196 Å². The van der Waals surface area contributed by atoms with Gasteiger partial charge in [-0.15, -0.1) is 24.0 Å². The molecule has 0 unspecified atom stereocenters. The number of aromatic nitrogens is 1. The summed E-state index contributed by atoms with van der Waals surface area (Å²) in [5, 5.41) is 6.64. The van der Waals surface area contributed by atoms with E-state index in [1.54, 1.807) is 13.3 Å². The van der Waals surface area contributed by atoms with E-state index in [4.69, 9.17) is 14.2 Å². The fourth-order valence-corrected chi connectivity index (χ4v) is 2.81. The summed E-state index contributed by atoms with van der Waals surface area (Å²) in [5.41, 5.74) is 2.12. The molecule has 0 saturated heterocycles. The Morgan fingerprint density at radius 1 is 1.03 bits per heavy atom. The predicted octanol–water partition coefficient (Wildman–Crippen LogP) is 3.80. The molecule has 7 nitrogen and oxygen atoms in total. The van der Waals surface area contributed by atoms with E-state index in [0.29, 0.717) is 25.6 Å². The number of benzene rings is 1. The highest BCUT2D eigenvalue weighted by atomic mass is 127. The van der Waals surface area contributed by atoms with Crippen LogP contribution >= 0.6 is 24.0 Å². The Bertz CT molecular complexity index is 787. The molecule has 0 spiro atoms. The summed E-state index contributed by atoms with van der Waals surface area (Å²) in [6.07, 6.45) is 2.55. The second kappa shape index (κ2) is 14.7. The van der Waals surface area contributed by atoms with Crippen molar-refractivity contribution in [2.45, 2.75) is 33.7 Å². The molecule has 2 rings (SSSR count). The summed E-state index contributed by atoms with van der Waals surface area (Å²) >= 11 is 0. The third-order valence-electron chi connectivity index (χ3n) is 4.11. The molecule has 0 aliphatic carbocycles. The van der Waals surface area contributed by atoms with Gasteiger partial charge in [-0.3, -0.25) is 0 Å². The lowest BCUT2D eigenvalue weighted by molar-refractivity contribution is 0.287. The monoisotopic (exact) mass is 528 g/mol. The molecular formula is C22H33IN4O3. The number of nitrogens with one attached hydrogen (secondary N) is 2. The molecule has 2 N–H and O–H groups in total. The van der Waals surface area contributed by atoms with E-state index >= 15 is 0 Å². The van der Waals surface area contributed by atoms with Crippen molar-refractivity contribution in [2.75, 3.05) is 33.4 Å². The number of pyridine rings is 1. The van der Waals surface area contributed by atoms with Crippen molar-refractivity contribution in [2.24, 2.45) is 4.99 Å². The van der Waals surface area contributed by atoms with Crippen LogP contribution in [0.25, 0.3) is 0 Å². The Hall–Kier alpha value is -2.23. The third-order valence-corrected chi connectivity index (χ3v) is 4.11. The Kier molecular flexibility index (Phi) is 12.6. The van der Waals surface area contributed by atoms with Crippen LogP contribution in [0.3, 0.4) is 0 Å². The average Bonchev–Trinajstić information content (AvgIpc) is 2.74. The van der Waals surface area contributed by atoms with Gasteiger partial charge < -0.3 is 24.8 Å². The summed E-state index contributed by atoms with van der Waals surface area (Å²) in [5.74, 6) is 2.93. The maximum Gasteiger partial charge on any atom is 0.218 e. The van der Waals surface area contributed by atoms with Crippen LogP contribution < -0.4 is 24.8 Å². The summed E-state index contributed by atoms with van der Waals surface area (Å²) in [4.78, 5) is 8.85. The summed E-state index contributed by atoms with van der Waals surface area (Å²) in [6, 6.07) is 9.93. The zero-order valence-corrected chi connectivity index (χ0v) is 20.6. The first-order chi connectivity index (χ1) is 14.2. The van der Waals surface area contributed by atoms with Crippen molar-refractivity contribution in [3.63, 3.8) is 0 Å². The second-order valence-corrected chi connectivity index (χ2v) is 6.19. The highest BCUT2D eigenvalue weighted by Crippen LogP contribution is 2.28. The van der Waals surface area contributed by atoms with E-state index in [-0.39, 0.29) is 24.0 Å². The van der Waals surface area contributed by atoms with E-state index in [9.17, 15) is 0 Å². The molecule has 30 heavy (non-hydrogen) atoms. The van der Waals surface area contributed by atoms with Crippen LogP contribution in [0.4, 0.5) is 0 Å². The van der Waals surface area contributed by atoms with Crippen molar-refractivity contribution in [1.82, 2.24) is 15.6 Å². The van der Waals surface area contributed by atoms with Crippen LogP contribution in [-0.4, -0.2) is 44.4 Å². The van der Waals surface area contributed by atoms with Gasteiger partial charge >= 0.3 is 0 Å². The van der Waals surface area contributed by atoms with Gasteiger partial charge in [-0.1, -0.05) is 12.1 Å². The lowest BCUT2D eigenvalue weighted by atomic mass is 10.1. The van der Waals surface area contributed by atoms with E-state index in [1.165, 1.54) is 5.56 Å². The van der Waals surface area contributed by atoms with Gasteiger partial charge in [0.2, 0.25) is 5.88 Å². The molecule has 0 atom stereocenters. The van der Waals surface area contributed by atoms with Crippen LogP contribution in [0.2, 0.25) is 0 Å². The van der Waals surface area contributed by atoms with Gasteiger partial charge in [0.1, 0.15) is 0 Å². The van der Waals surface area contributed by atoms with Crippen molar-refractivity contribution in [3.8, 4) is 17.4 Å². The molecule has 0 amide bonds. The second-order valence-electron chi connectivity index (χ2n) is 6.19. The highest BCUT2D eigenvalue weighted by Gasteiger charge is 2.07. The minimum Gasteiger partial charge on any atom is -0.490 e. The van der Waals surface area contributed by atoms with Crippen LogP contribution in [-0.2, 0) is 13.0 Å². The van der Waals surface area contributed by atoms with E-state index in [0.717, 1.165) is 42.5 Å². The van der Waals surface area contributed by atoms with E-state index in [2.05, 4.69) is 26.7 Å². The molecule has 1 heterocycles. The lowest BCUT2D eigenvalue weighted by Gasteiger charge is -2.14. The zero-order chi connectivity index (χ0) is 20.9. The first-order valence-corrected chi connectivity index (χ1v) is 10.1. The number of hydrogen-bond donors (Lipinski definition) is 2. The lowest BCUT2D eigenvalue weighted by Crippen LogP contribution is -2.38. The minimum atomic E-state index is 0.